The number of nitrogens with zero attached hydrogens (tertiary/aromatic N) is 3. The van der Waals surface area contributed by atoms with Gasteiger partial charge in [-0.2, -0.15) is 0 Å². The minimum atomic E-state index is -0.222. The average molecular weight is 475 g/mol. The topological polar surface area (TPSA) is 48.5 Å². The first-order valence-electron chi connectivity index (χ1n) is 11.6. The molecule has 0 bridgehead atoms. The van der Waals surface area contributed by atoms with Crippen molar-refractivity contribution >= 4 is 40.6 Å². The number of aromatic nitrogens is 1. The lowest BCUT2D eigenvalue weighted by Crippen LogP contribution is -2.48. The number of carbonyl (C=O) groups excluding carboxylic acids is 1. The predicted molar refractivity (Wildman–Crippen MR) is 133 cm³/mol. The van der Waals surface area contributed by atoms with Crippen LogP contribution in [-0.4, -0.2) is 47.5 Å². The minimum absolute atomic E-state index is 0.222. The van der Waals surface area contributed by atoms with Crippen LogP contribution in [0.25, 0.3) is 0 Å². The summed E-state index contributed by atoms with van der Waals surface area (Å²) in [5, 5.41) is 4.01. The molecule has 2 aliphatic rings. The summed E-state index contributed by atoms with van der Waals surface area (Å²) in [6.07, 6.45) is 7.88. The molecule has 0 aliphatic carbocycles. The van der Waals surface area contributed by atoms with E-state index in [1.807, 2.05) is 0 Å². The Bertz CT molecular complexity index is 935. The Morgan fingerprint density at radius 1 is 1.06 bits per heavy atom. The van der Waals surface area contributed by atoms with Gasteiger partial charge in [0.15, 0.2) is 5.82 Å². The molecule has 2 aromatic rings. The average Bonchev–Trinajstić information content (AvgIpc) is 2.77. The number of anilines is 2. The van der Waals surface area contributed by atoms with Gasteiger partial charge in [-0.25, -0.2) is 4.98 Å². The summed E-state index contributed by atoms with van der Waals surface area (Å²) in [7, 11) is 0. The van der Waals surface area contributed by atoms with E-state index in [1.54, 1.807) is 36.5 Å². The molecule has 0 saturated carbocycles. The van der Waals surface area contributed by atoms with Crippen LogP contribution < -0.4 is 10.2 Å². The molecule has 7 heteroatoms. The van der Waals surface area contributed by atoms with Crippen LogP contribution in [0.15, 0.2) is 36.5 Å². The molecule has 1 amide bonds. The van der Waals surface area contributed by atoms with E-state index in [9.17, 15) is 4.79 Å². The third-order valence-electron chi connectivity index (χ3n) is 6.93. The van der Waals surface area contributed by atoms with Gasteiger partial charge in [0.2, 0.25) is 0 Å². The molecule has 5 nitrogen and oxygen atoms in total. The zero-order valence-electron chi connectivity index (χ0n) is 18.9. The zero-order valence-corrected chi connectivity index (χ0v) is 20.4. The summed E-state index contributed by atoms with van der Waals surface area (Å²) >= 11 is 12.3. The smallest absolute Gasteiger partial charge is 0.255 e. The molecule has 2 fully saturated rings. The second kappa shape index (κ2) is 10.4. The van der Waals surface area contributed by atoms with Gasteiger partial charge in [-0.3, -0.25) is 9.69 Å². The number of rotatable bonds is 5. The summed E-state index contributed by atoms with van der Waals surface area (Å²) in [5.74, 6) is 1.26. The molecule has 2 atom stereocenters. The molecular formula is C25H32Cl2N4O. The van der Waals surface area contributed by atoms with Gasteiger partial charge < -0.3 is 10.2 Å². The fraction of sp³-hybridized carbons (Fsp3) is 0.520. The highest BCUT2D eigenvalue weighted by molar-refractivity contribution is 6.31. The van der Waals surface area contributed by atoms with Crippen molar-refractivity contribution < 1.29 is 4.79 Å². The largest absolute Gasteiger partial charge is 0.355 e. The molecule has 1 aromatic heterocycles. The van der Waals surface area contributed by atoms with Crippen LogP contribution in [-0.2, 0) is 0 Å². The summed E-state index contributed by atoms with van der Waals surface area (Å²) in [6.45, 7) is 7.78. The second-order valence-corrected chi connectivity index (χ2v) is 10.1. The normalized spacial score (nSPS) is 22.7. The quantitative estimate of drug-likeness (QED) is 0.566. The summed E-state index contributed by atoms with van der Waals surface area (Å²) in [6, 6.07) is 10.1. The Morgan fingerprint density at radius 2 is 1.78 bits per heavy atom. The highest BCUT2D eigenvalue weighted by Gasteiger charge is 2.29. The molecule has 2 aliphatic heterocycles. The number of piperidine rings is 2. The predicted octanol–water partition coefficient (Wildman–Crippen LogP) is 6.12. The van der Waals surface area contributed by atoms with Crippen LogP contribution in [0, 0.1) is 5.92 Å². The van der Waals surface area contributed by atoms with Crippen molar-refractivity contribution in [3.8, 4) is 0 Å². The third-order valence-corrected chi connectivity index (χ3v) is 7.37. The molecule has 32 heavy (non-hydrogen) atoms. The van der Waals surface area contributed by atoms with Gasteiger partial charge in [-0.15, -0.1) is 0 Å². The fourth-order valence-corrected chi connectivity index (χ4v) is 5.41. The van der Waals surface area contributed by atoms with E-state index in [0.717, 1.165) is 31.7 Å². The van der Waals surface area contributed by atoms with Crippen molar-refractivity contribution in [1.82, 2.24) is 9.88 Å². The van der Waals surface area contributed by atoms with Crippen molar-refractivity contribution in [2.75, 3.05) is 29.9 Å². The summed E-state index contributed by atoms with van der Waals surface area (Å²) in [4.78, 5) is 22.3. The number of likely N-dealkylation sites (tertiary alicyclic amines) is 1. The van der Waals surface area contributed by atoms with E-state index < -0.39 is 0 Å². The van der Waals surface area contributed by atoms with Crippen LogP contribution in [0.3, 0.4) is 0 Å². The van der Waals surface area contributed by atoms with E-state index in [0.29, 0.717) is 39.3 Å². The number of halogens is 2. The fourth-order valence-electron chi connectivity index (χ4n) is 5.06. The van der Waals surface area contributed by atoms with E-state index in [1.165, 1.54) is 25.8 Å². The zero-order chi connectivity index (χ0) is 22.7. The number of amides is 1. The number of carbonyl (C=O) groups is 1. The standard InChI is InChI=1S/C25H32Cl2N4O/c1-17-5-3-6-18(2)31(17)16-19-9-11-30(12-10-19)24-23(14-22(27)15-28-24)29-25(32)20-7-4-8-21(26)13-20/h4,7-8,13-15,17-19H,3,5-6,9-12,16H2,1-2H3,(H,29,32)/t17-,18+. The maximum absolute atomic E-state index is 12.8. The lowest BCUT2D eigenvalue weighted by Gasteiger charge is -2.43. The van der Waals surface area contributed by atoms with Gasteiger partial charge in [0.25, 0.3) is 5.91 Å². The first-order valence-corrected chi connectivity index (χ1v) is 12.4. The molecule has 0 unspecified atom stereocenters. The van der Waals surface area contributed by atoms with Gasteiger partial charge >= 0.3 is 0 Å². The number of hydrogen-bond acceptors (Lipinski definition) is 4. The lowest BCUT2D eigenvalue weighted by molar-refractivity contribution is 0.0785. The molecule has 172 valence electrons. The Balaban J connectivity index is 1.42. The summed E-state index contributed by atoms with van der Waals surface area (Å²) in [5.41, 5.74) is 1.14. The number of pyridine rings is 1. The second-order valence-electron chi connectivity index (χ2n) is 9.25. The van der Waals surface area contributed by atoms with E-state index in [2.05, 4.69) is 33.9 Å². The van der Waals surface area contributed by atoms with Crippen LogP contribution >= 0.6 is 23.2 Å². The maximum atomic E-state index is 12.8. The van der Waals surface area contributed by atoms with Crippen molar-refractivity contribution in [1.29, 1.82) is 0 Å². The molecule has 0 spiro atoms. The number of hydrogen-bond donors (Lipinski definition) is 1. The molecular weight excluding hydrogens is 443 g/mol. The van der Waals surface area contributed by atoms with Crippen molar-refractivity contribution in [2.24, 2.45) is 5.92 Å². The van der Waals surface area contributed by atoms with Crippen LogP contribution in [0.2, 0.25) is 10.0 Å². The highest BCUT2D eigenvalue weighted by Crippen LogP contribution is 2.32. The van der Waals surface area contributed by atoms with E-state index in [4.69, 9.17) is 23.2 Å². The maximum Gasteiger partial charge on any atom is 0.255 e. The van der Waals surface area contributed by atoms with Crippen molar-refractivity contribution in [3.63, 3.8) is 0 Å². The molecule has 1 N–H and O–H groups in total. The van der Waals surface area contributed by atoms with Crippen molar-refractivity contribution in [2.45, 2.75) is 58.0 Å². The molecule has 3 heterocycles. The molecule has 4 rings (SSSR count). The van der Waals surface area contributed by atoms with Gasteiger partial charge in [0.1, 0.15) is 0 Å². The van der Waals surface area contributed by atoms with Crippen LogP contribution in [0.5, 0.6) is 0 Å². The first-order chi connectivity index (χ1) is 15.4. The van der Waals surface area contributed by atoms with Crippen molar-refractivity contribution in [3.05, 3.63) is 52.1 Å². The summed E-state index contributed by atoms with van der Waals surface area (Å²) < 4.78 is 0. The first kappa shape index (κ1) is 23.3. The Labute approximate surface area is 201 Å². The SMILES string of the molecule is C[C@@H]1CCC[C@H](C)N1CC1CCN(c2ncc(Cl)cc2NC(=O)c2cccc(Cl)c2)CC1. The number of benzene rings is 1. The van der Waals surface area contributed by atoms with Crippen LogP contribution in [0.1, 0.15) is 56.3 Å². The molecule has 0 radical (unpaired) electrons. The van der Waals surface area contributed by atoms with Crippen LogP contribution in [0.4, 0.5) is 11.5 Å². The lowest BCUT2D eigenvalue weighted by atomic mass is 9.91. The Kier molecular flexibility index (Phi) is 7.59. The highest BCUT2D eigenvalue weighted by atomic mass is 35.5. The molecule has 2 saturated heterocycles. The third kappa shape index (κ3) is 5.56. The van der Waals surface area contributed by atoms with Gasteiger partial charge in [-0.05, 0) is 69.7 Å². The monoisotopic (exact) mass is 474 g/mol. The Hall–Kier alpha value is -1.82. The van der Waals surface area contributed by atoms with Gasteiger partial charge in [-0.1, -0.05) is 35.7 Å². The minimum Gasteiger partial charge on any atom is -0.355 e. The number of nitrogens with one attached hydrogen (secondary N) is 1. The van der Waals surface area contributed by atoms with E-state index >= 15 is 0 Å². The van der Waals surface area contributed by atoms with Gasteiger partial charge in [0, 0.05) is 48.5 Å². The van der Waals surface area contributed by atoms with Gasteiger partial charge in [0.05, 0.1) is 10.7 Å². The van der Waals surface area contributed by atoms with E-state index in [-0.39, 0.29) is 5.91 Å². The molecule has 1 aromatic carbocycles. The Morgan fingerprint density at radius 3 is 2.47 bits per heavy atom.